The van der Waals surface area contributed by atoms with Crippen molar-refractivity contribution < 1.29 is 27.3 Å². The maximum absolute atomic E-state index is 5.79. The lowest BCUT2D eigenvalue weighted by atomic mass is 10.0. The van der Waals surface area contributed by atoms with Gasteiger partial charge >= 0.3 is 0 Å². The van der Waals surface area contributed by atoms with Crippen LogP contribution in [-0.4, -0.2) is 25.3 Å². The molecule has 1 aliphatic heterocycles. The number of rotatable bonds is 2. The van der Waals surface area contributed by atoms with E-state index in [1.807, 2.05) is 0 Å². The average Bonchev–Trinajstić information content (AvgIpc) is 2.26. The molecule has 2 atom stereocenters. The van der Waals surface area contributed by atoms with E-state index >= 15 is 0 Å². The van der Waals surface area contributed by atoms with Crippen molar-refractivity contribution in [2.45, 2.75) is 45.8 Å². The van der Waals surface area contributed by atoms with Crippen molar-refractivity contribution in [2.24, 2.45) is 0 Å². The molecular weight excluding hydrogens is 337 g/mol. The highest BCUT2D eigenvalue weighted by Crippen LogP contribution is 2.23. The van der Waals surface area contributed by atoms with E-state index in [0.29, 0.717) is 18.1 Å². The molecule has 2 nitrogen and oxygen atoms in total. The molecule has 0 aliphatic carbocycles. The Morgan fingerprint density at radius 3 is 2.33 bits per heavy atom. The van der Waals surface area contributed by atoms with Gasteiger partial charge in [0.15, 0.2) is 3.57 Å². The molecule has 0 saturated carbocycles. The summed E-state index contributed by atoms with van der Waals surface area (Å²) < 4.78 is 7.20. The third-order valence-corrected chi connectivity index (χ3v) is 4.41. The Balaban J connectivity index is 2.21. The molecular formula is C15H23INO+. The molecule has 0 bridgehead atoms. The number of hydrogen-bond acceptors (Lipinski definition) is 2. The molecule has 1 heterocycles. The van der Waals surface area contributed by atoms with Crippen LogP contribution in [0.5, 0.6) is 0 Å². The van der Waals surface area contributed by atoms with E-state index in [1.54, 1.807) is 0 Å². The maximum atomic E-state index is 5.79. The van der Waals surface area contributed by atoms with Crippen LogP contribution in [0.1, 0.15) is 39.2 Å². The Morgan fingerprint density at radius 2 is 1.83 bits per heavy atom. The first-order chi connectivity index (χ1) is 8.47. The third-order valence-electron chi connectivity index (χ3n) is 3.40. The van der Waals surface area contributed by atoms with E-state index in [0.717, 1.165) is 13.1 Å². The highest BCUT2D eigenvalue weighted by molar-refractivity contribution is 5.48. The van der Waals surface area contributed by atoms with Gasteiger partial charge in [0, 0.05) is 30.4 Å². The van der Waals surface area contributed by atoms with Crippen molar-refractivity contribution in [3.05, 3.63) is 27.3 Å². The van der Waals surface area contributed by atoms with Gasteiger partial charge in [-0.2, -0.15) is 0 Å². The summed E-state index contributed by atoms with van der Waals surface area (Å²) in [5.41, 5.74) is 2.79. The first-order valence-electron chi connectivity index (χ1n) is 6.68. The Bertz CT molecular complexity index is 409. The summed E-state index contributed by atoms with van der Waals surface area (Å²) >= 11 is 2.14. The van der Waals surface area contributed by atoms with Gasteiger partial charge in [0.1, 0.15) is 0 Å². The molecule has 100 valence electrons. The number of halogens is 1. The first kappa shape index (κ1) is 14.1. The van der Waals surface area contributed by atoms with Crippen LogP contribution in [0.2, 0.25) is 0 Å². The van der Waals surface area contributed by atoms with E-state index in [-0.39, 0.29) is 0 Å². The Morgan fingerprint density at radius 1 is 1.22 bits per heavy atom. The molecule has 1 aromatic carbocycles. The van der Waals surface area contributed by atoms with Crippen LogP contribution in [-0.2, 0) is 4.74 Å². The molecule has 0 N–H and O–H groups in total. The molecule has 0 amide bonds. The lowest BCUT2D eigenvalue weighted by Gasteiger charge is -2.36. The number of ether oxygens (including phenoxy) is 1. The molecule has 18 heavy (non-hydrogen) atoms. The van der Waals surface area contributed by atoms with E-state index in [9.17, 15) is 0 Å². The van der Waals surface area contributed by atoms with Gasteiger partial charge in [-0.05, 0) is 25.8 Å². The van der Waals surface area contributed by atoms with E-state index in [4.69, 9.17) is 4.74 Å². The minimum Gasteiger partial charge on any atom is -0.372 e. The molecule has 2 rings (SSSR count). The first-order valence-corrected chi connectivity index (χ1v) is 7.85. The monoisotopic (exact) mass is 360 g/mol. The molecule has 0 radical (unpaired) electrons. The fourth-order valence-corrected chi connectivity index (χ4v) is 3.80. The number of hydrogen-bond donors (Lipinski definition) is 0. The van der Waals surface area contributed by atoms with E-state index < -0.39 is 0 Å². The fourth-order valence-electron chi connectivity index (χ4n) is 2.59. The summed E-state index contributed by atoms with van der Waals surface area (Å²) in [7, 11) is 0. The molecule has 0 spiro atoms. The highest BCUT2D eigenvalue weighted by atomic mass is 127. The van der Waals surface area contributed by atoms with Crippen molar-refractivity contribution in [2.75, 3.05) is 18.0 Å². The Hall–Kier alpha value is -0.290. The van der Waals surface area contributed by atoms with Crippen molar-refractivity contribution in [3.8, 4) is 0 Å². The number of benzene rings is 1. The summed E-state index contributed by atoms with van der Waals surface area (Å²) in [6, 6.07) is 6.86. The predicted molar refractivity (Wildman–Crippen MR) is 72.8 cm³/mol. The number of morpholine rings is 1. The third kappa shape index (κ3) is 3.18. The van der Waals surface area contributed by atoms with Gasteiger partial charge in [-0.1, -0.05) is 19.9 Å². The van der Waals surface area contributed by atoms with Gasteiger partial charge in [0.25, 0.3) is 22.6 Å². The van der Waals surface area contributed by atoms with Crippen LogP contribution in [0, 0.1) is 3.57 Å². The lowest BCUT2D eigenvalue weighted by Crippen LogP contribution is -3.34. The summed E-state index contributed by atoms with van der Waals surface area (Å²) in [6.45, 7) is 10.8. The molecule has 1 fully saturated rings. The standard InChI is InChI=1S/C15H23INO/c1-10(2)14-6-5-13(7-15(14)16)17-8-11(3)18-12(4)9-17/h5-7,10-12,16H,8-9H2,1-4H3/q+1. The van der Waals surface area contributed by atoms with Crippen molar-refractivity contribution in [3.63, 3.8) is 0 Å². The van der Waals surface area contributed by atoms with Gasteiger partial charge < -0.3 is 9.64 Å². The normalized spacial score (nSPS) is 24.7. The van der Waals surface area contributed by atoms with Gasteiger partial charge in [0.05, 0.1) is 12.2 Å². The second kappa shape index (κ2) is 5.78. The molecule has 1 saturated heterocycles. The SMILES string of the molecule is CC1CN(c2ccc(C(C)C)c([IH+])c2)CC(C)O1. The van der Waals surface area contributed by atoms with Gasteiger partial charge in [-0.25, -0.2) is 0 Å². The van der Waals surface area contributed by atoms with Gasteiger partial charge in [-0.15, -0.1) is 0 Å². The molecule has 1 aliphatic rings. The quantitative estimate of drug-likeness (QED) is 0.682. The molecule has 1 aromatic rings. The zero-order valence-electron chi connectivity index (χ0n) is 11.6. The topological polar surface area (TPSA) is 12.5 Å². The van der Waals surface area contributed by atoms with Crippen LogP contribution in [0.15, 0.2) is 18.2 Å². The van der Waals surface area contributed by atoms with Gasteiger partial charge in [0.2, 0.25) is 0 Å². The summed E-state index contributed by atoms with van der Waals surface area (Å²) in [5, 5.41) is 0. The number of anilines is 1. The summed E-state index contributed by atoms with van der Waals surface area (Å²) in [6.07, 6.45) is 0.638. The van der Waals surface area contributed by atoms with Crippen LogP contribution < -0.4 is 27.5 Å². The zero-order chi connectivity index (χ0) is 13.3. The largest absolute Gasteiger partial charge is 0.372 e. The fraction of sp³-hybridized carbons (Fsp3) is 0.600. The van der Waals surface area contributed by atoms with Crippen LogP contribution in [0.3, 0.4) is 0 Å². The zero-order valence-corrected chi connectivity index (χ0v) is 14.0. The minimum absolute atomic E-state index is 0.319. The summed E-state index contributed by atoms with van der Waals surface area (Å²) in [4.78, 5) is 2.44. The van der Waals surface area contributed by atoms with E-state index in [2.05, 4.69) is 73.4 Å². The maximum Gasteiger partial charge on any atom is 0.297 e. The highest BCUT2D eigenvalue weighted by Gasteiger charge is 2.23. The molecule has 2 unspecified atom stereocenters. The van der Waals surface area contributed by atoms with Crippen molar-refractivity contribution in [1.29, 1.82) is 0 Å². The Labute approximate surface area is 124 Å². The lowest BCUT2D eigenvalue weighted by molar-refractivity contribution is -0.329. The van der Waals surface area contributed by atoms with Crippen LogP contribution in [0.4, 0.5) is 5.69 Å². The van der Waals surface area contributed by atoms with E-state index in [1.165, 1.54) is 14.8 Å². The van der Waals surface area contributed by atoms with Crippen molar-refractivity contribution in [1.82, 2.24) is 0 Å². The molecule has 3 heteroatoms. The van der Waals surface area contributed by atoms with Crippen molar-refractivity contribution >= 4 is 5.69 Å². The van der Waals surface area contributed by atoms with Crippen LogP contribution >= 0.6 is 0 Å². The smallest absolute Gasteiger partial charge is 0.297 e. The minimum atomic E-state index is 0.319. The second-order valence-corrected chi connectivity index (χ2v) is 6.79. The number of nitrogens with zero attached hydrogens (tertiary/aromatic N) is 1. The predicted octanol–water partition coefficient (Wildman–Crippen LogP) is -0.121. The second-order valence-electron chi connectivity index (χ2n) is 5.54. The Kier molecular flexibility index (Phi) is 4.54. The summed E-state index contributed by atoms with van der Waals surface area (Å²) in [5.74, 6) is 0.601. The van der Waals surface area contributed by atoms with Crippen LogP contribution in [0.25, 0.3) is 0 Å². The van der Waals surface area contributed by atoms with Gasteiger partial charge in [-0.3, -0.25) is 0 Å². The average molecular weight is 360 g/mol. The molecule has 0 aromatic heterocycles.